The van der Waals surface area contributed by atoms with Gasteiger partial charge in [-0.05, 0) is 36.2 Å². The first-order valence-corrected chi connectivity index (χ1v) is 7.63. The van der Waals surface area contributed by atoms with E-state index in [1.165, 1.54) is 16.7 Å². The highest BCUT2D eigenvalue weighted by atomic mass is 79.9. The van der Waals surface area contributed by atoms with E-state index >= 15 is 0 Å². The normalized spacial score (nSPS) is 10.4. The second-order valence-electron chi connectivity index (χ2n) is 4.16. The maximum absolute atomic E-state index is 5.80. The Labute approximate surface area is 124 Å². The van der Waals surface area contributed by atoms with Crippen LogP contribution in [0.3, 0.4) is 0 Å². The molecule has 0 bridgehead atoms. The highest BCUT2D eigenvalue weighted by molar-refractivity contribution is 9.10. The Balaban J connectivity index is 2.06. The summed E-state index contributed by atoms with van der Waals surface area (Å²) in [6, 6.07) is 14.4. The minimum Gasteiger partial charge on any atom is -0.489 e. The Kier molecular flexibility index (Phi) is 4.84. The third-order valence-electron chi connectivity index (χ3n) is 2.65. The largest absolute Gasteiger partial charge is 0.489 e. The molecule has 0 unspecified atom stereocenters. The number of aryl methyl sites for hydroxylation is 1. The average molecular weight is 370 g/mol. The Morgan fingerprint density at radius 3 is 2.67 bits per heavy atom. The zero-order valence-electron chi connectivity index (χ0n) is 10.1. The quantitative estimate of drug-likeness (QED) is 0.670. The van der Waals surface area contributed by atoms with Crippen molar-refractivity contribution in [3.05, 3.63) is 63.6 Å². The first kappa shape index (κ1) is 13.6. The fourth-order valence-corrected chi connectivity index (χ4v) is 2.94. The first-order chi connectivity index (χ1) is 8.69. The maximum Gasteiger partial charge on any atom is 0.120 e. The molecule has 2 aromatic rings. The summed E-state index contributed by atoms with van der Waals surface area (Å²) in [5.74, 6) is 0.897. The third-order valence-corrected chi connectivity index (χ3v) is 4.03. The number of rotatable bonds is 4. The van der Waals surface area contributed by atoms with Crippen molar-refractivity contribution in [1.82, 2.24) is 0 Å². The van der Waals surface area contributed by atoms with Gasteiger partial charge in [-0.25, -0.2) is 0 Å². The van der Waals surface area contributed by atoms with Crippen molar-refractivity contribution >= 4 is 31.9 Å². The topological polar surface area (TPSA) is 9.23 Å². The van der Waals surface area contributed by atoms with Crippen LogP contribution in [-0.2, 0) is 11.9 Å². The van der Waals surface area contributed by atoms with Crippen LogP contribution in [0.2, 0.25) is 0 Å². The van der Waals surface area contributed by atoms with Crippen LogP contribution in [-0.4, -0.2) is 0 Å². The fourth-order valence-electron chi connectivity index (χ4n) is 1.71. The maximum atomic E-state index is 5.80. The van der Waals surface area contributed by atoms with Crippen molar-refractivity contribution in [2.75, 3.05) is 0 Å². The highest BCUT2D eigenvalue weighted by Crippen LogP contribution is 2.25. The van der Waals surface area contributed by atoms with Gasteiger partial charge in [-0.15, -0.1) is 0 Å². The number of alkyl halides is 1. The van der Waals surface area contributed by atoms with Gasteiger partial charge in [0.2, 0.25) is 0 Å². The van der Waals surface area contributed by atoms with Crippen molar-refractivity contribution in [3.63, 3.8) is 0 Å². The molecule has 94 valence electrons. The van der Waals surface area contributed by atoms with E-state index in [4.69, 9.17) is 4.74 Å². The van der Waals surface area contributed by atoms with Crippen molar-refractivity contribution in [2.45, 2.75) is 18.9 Å². The second-order valence-corrected chi connectivity index (χ2v) is 5.58. The number of halogens is 2. The molecule has 0 N–H and O–H groups in total. The van der Waals surface area contributed by atoms with Crippen LogP contribution in [0.4, 0.5) is 0 Å². The van der Waals surface area contributed by atoms with Gasteiger partial charge in [0.1, 0.15) is 12.4 Å². The summed E-state index contributed by atoms with van der Waals surface area (Å²) in [6.07, 6.45) is 0. The molecule has 0 aliphatic rings. The van der Waals surface area contributed by atoms with Crippen molar-refractivity contribution < 1.29 is 4.74 Å². The molecule has 0 atom stereocenters. The van der Waals surface area contributed by atoms with Crippen molar-refractivity contribution in [1.29, 1.82) is 0 Å². The van der Waals surface area contributed by atoms with E-state index in [0.29, 0.717) is 6.61 Å². The molecule has 2 aromatic carbocycles. The lowest BCUT2D eigenvalue weighted by molar-refractivity contribution is 0.306. The molecule has 2 rings (SSSR count). The van der Waals surface area contributed by atoms with Crippen molar-refractivity contribution in [3.8, 4) is 5.75 Å². The number of benzene rings is 2. The Hall–Kier alpha value is -0.800. The van der Waals surface area contributed by atoms with Gasteiger partial charge in [0.15, 0.2) is 0 Å². The minimum atomic E-state index is 0.602. The molecule has 0 amide bonds. The van der Waals surface area contributed by atoms with Crippen LogP contribution >= 0.6 is 31.9 Å². The van der Waals surface area contributed by atoms with Crippen LogP contribution in [0.5, 0.6) is 5.75 Å². The lowest BCUT2D eigenvalue weighted by Crippen LogP contribution is -1.96. The summed E-state index contributed by atoms with van der Waals surface area (Å²) >= 11 is 6.97. The zero-order chi connectivity index (χ0) is 13.0. The van der Waals surface area contributed by atoms with Crippen LogP contribution in [0.1, 0.15) is 16.7 Å². The van der Waals surface area contributed by atoms with Gasteiger partial charge in [-0.3, -0.25) is 0 Å². The lowest BCUT2D eigenvalue weighted by atomic mass is 10.1. The molecular weight excluding hydrogens is 356 g/mol. The third kappa shape index (κ3) is 3.59. The number of ether oxygens (including phenoxy) is 1. The van der Waals surface area contributed by atoms with E-state index in [0.717, 1.165) is 15.6 Å². The SMILES string of the molecule is Cc1cccc(COc2ccc(Br)c(CBr)c2)c1. The smallest absolute Gasteiger partial charge is 0.120 e. The van der Waals surface area contributed by atoms with E-state index in [9.17, 15) is 0 Å². The number of hydrogen-bond donors (Lipinski definition) is 0. The summed E-state index contributed by atoms with van der Waals surface area (Å²) in [5.41, 5.74) is 3.64. The molecule has 0 spiro atoms. The number of hydrogen-bond acceptors (Lipinski definition) is 1. The molecule has 18 heavy (non-hydrogen) atoms. The van der Waals surface area contributed by atoms with E-state index in [1.807, 2.05) is 12.1 Å². The lowest BCUT2D eigenvalue weighted by Gasteiger charge is -2.09. The molecule has 0 saturated heterocycles. The molecule has 0 radical (unpaired) electrons. The molecule has 1 nitrogen and oxygen atoms in total. The molecule has 0 aliphatic carbocycles. The Morgan fingerprint density at radius 2 is 1.94 bits per heavy atom. The summed E-state index contributed by atoms with van der Waals surface area (Å²) in [6.45, 7) is 2.69. The van der Waals surface area contributed by atoms with Gasteiger partial charge >= 0.3 is 0 Å². The van der Waals surface area contributed by atoms with Crippen LogP contribution in [0.15, 0.2) is 46.9 Å². The van der Waals surface area contributed by atoms with Gasteiger partial charge < -0.3 is 4.74 Å². The van der Waals surface area contributed by atoms with Gasteiger partial charge in [0.25, 0.3) is 0 Å². The highest BCUT2D eigenvalue weighted by Gasteiger charge is 2.02. The fraction of sp³-hybridized carbons (Fsp3) is 0.200. The van der Waals surface area contributed by atoms with Crippen LogP contribution in [0.25, 0.3) is 0 Å². The molecule has 0 saturated carbocycles. The summed E-state index contributed by atoms with van der Waals surface area (Å²) in [4.78, 5) is 0. The molecule has 0 aromatic heterocycles. The van der Waals surface area contributed by atoms with Gasteiger partial charge in [0, 0.05) is 9.80 Å². The van der Waals surface area contributed by atoms with E-state index in [1.54, 1.807) is 0 Å². The van der Waals surface area contributed by atoms with E-state index in [-0.39, 0.29) is 0 Å². The molecule has 0 aliphatic heterocycles. The Bertz CT molecular complexity index is 538. The zero-order valence-corrected chi connectivity index (χ0v) is 13.3. The predicted octanol–water partition coefficient (Wildman–Crippen LogP) is 5.23. The van der Waals surface area contributed by atoms with Gasteiger partial charge in [-0.2, -0.15) is 0 Å². The standard InChI is InChI=1S/C15H14Br2O/c1-11-3-2-4-12(7-11)10-18-14-5-6-15(17)13(8-14)9-16/h2-8H,9-10H2,1H3. The molecular formula is C15H14Br2O. The summed E-state index contributed by atoms with van der Waals surface area (Å²) < 4.78 is 6.90. The van der Waals surface area contributed by atoms with E-state index in [2.05, 4.69) is 69.1 Å². The first-order valence-electron chi connectivity index (χ1n) is 5.72. The van der Waals surface area contributed by atoms with E-state index < -0.39 is 0 Å². The monoisotopic (exact) mass is 368 g/mol. The van der Waals surface area contributed by atoms with Crippen molar-refractivity contribution in [2.24, 2.45) is 0 Å². The molecule has 0 heterocycles. The van der Waals surface area contributed by atoms with Crippen LogP contribution < -0.4 is 4.74 Å². The predicted molar refractivity (Wildman–Crippen MR) is 82.3 cm³/mol. The summed E-state index contributed by atoms with van der Waals surface area (Å²) in [7, 11) is 0. The summed E-state index contributed by atoms with van der Waals surface area (Å²) in [5, 5.41) is 0.815. The second kappa shape index (κ2) is 6.39. The van der Waals surface area contributed by atoms with Crippen LogP contribution in [0, 0.1) is 6.92 Å². The minimum absolute atomic E-state index is 0.602. The molecule has 0 fully saturated rings. The Morgan fingerprint density at radius 1 is 1.11 bits per heavy atom. The van der Waals surface area contributed by atoms with Gasteiger partial charge in [-0.1, -0.05) is 61.7 Å². The van der Waals surface area contributed by atoms with Gasteiger partial charge in [0.05, 0.1) is 0 Å². The average Bonchev–Trinajstić information content (AvgIpc) is 2.38. The molecule has 3 heteroatoms.